The second-order valence-electron chi connectivity index (χ2n) is 7.51. The molecular weight excluding hydrogens is 368 g/mol. The van der Waals surface area contributed by atoms with Gasteiger partial charge in [0, 0.05) is 19.6 Å². The Labute approximate surface area is 161 Å². The van der Waals surface area contributed by atoms with Gasteiger partial charge in [0.1, 0.15) is 0 Å². The third-order valence-electron chi connectivity index (χ3n) is 5.47. The maximum atomic E-state index is 12.6. The number of amides is 1. The number of hydrogen-bond donors (Lipinski definition) is 1. The summed E-state index contributed by atoms with van der Waals surface area (Å²) < 4.78 is 37.8. The number of carbonyl (C=O) groups is 1. The molecule has 0 unspecified atom stereocenters. The molecule has 8 heteroatoms. The molecule has 27 heavy (non-hydrogen) atoms. The molecule has 1 saturated heterocycles. The van der Waals surface area contributed by atoms with Gasteiger partial charge in [0.05, 0.1) is 12.7 Å². The maximum absolute atomic E-state index is 12.6. The van der Waals surface area contributed by atoms with Crippen LogP contribution in [0.15, 0.2) is 21.6 Å². The van der Waals surface area contributed by atoms with Gasteiger partial charge in [0.15, 0.2) is 5.76 Å². The van der Waals surface area contributed by atoms with Gasteiger partial charge in [-0.25, -0.2) is 8.42 Å². The first kappa shape index (κ1) is 20.4. The van der Waals surface area contributed by atoms with Crippen molar-refractivity contribution in [1.29, 1.82) is 0 Å². The van der Waals surface area contributed by atoms with E-state index in [-0.39, 0.29) is 17.0 Å². The molecule has 7 nitrogen and oxygen atoms in total. The van der Waals surface area contributed by atoms with Gasteiger partial charge in [-0.2, -0.15) is 4.31 Å². The van der Waals surface area contributed by atoms with Crippen molar-refractivity contribution in [2.75, 3.05) is 26.2 Å². The minimum absolute atomic E-state index is 0.0108. The van der Waals surface area contributed by atoms with Crippen molar-refractivity contribution in [3.63, 3.8) is 0 Å². The maximum Gasteiger partial charge on any atom is 0.287 e. The van der Waals surface area contributed by atoms with Gasteiger partial charge in [-0.3, -0.25) is 4.79 Å². The lowest BCUT2D eigenvalue weighted by molar-refractivity contribution is -0.00301. The number of ether oxygens (including phenoxy) is 1. The third kappa shape index (κ3) is 5.12. The molecule has 1 saturated carbocycles. The molecule has 0 radical (unpaired) electrons. The summed E-state index contributed by atoms with van der Waals surface area (Å²) in [5, 5.41) is 2.57. The molecule has 1 N–H and O–H groups in total. The molecule has 152 valence electrons. The van der Waals surface area contributed by atoms with Crippen molar-refractivity contribution in [3.05, 3.63) is 17.9 Å². The van der Waals surface area contributed by atoms with Crippen LogP contribution in [0.2, 0.25) is 0 Å². The smallest absolute Gasteiger partial charge is 0.287 e. The monoisotopic (exact) mass is 398 g/mol. The van der Waals surface area contributed by atoms with Crippen molar-refractivity contribution in [1.82, 2.24) is 9.62 Å². The van der Waals surface area contributed by atoms with Crippen LogP contribution in [0.3, 0.4) is 0 Å². The van der Waals surface area contributed by atoms with Crippen LogP contribution < -0.4 is 5.32 Å². The minimum Gasteiger partial charge on any atom is -0.438 e. The highest BCUT2D eigenvalue weighted by Crippen LogP contribution is 2.26. The van der Waals surface area contributed by atoms with Gasteiger partial charge in [0.25, 0.3) is 15.9 Å². The van der Waals surface area contributed by atoms with E-state index in [1.807, 2.05) is 0 Å². The lowest BCUT2D eigenvalue weighted by atomic mass is 9.88. The molecule has 2 heterocycles. The molecule has 2 fully saturated rings. The number of sulfonamides is 1. The van der Waals surface area contributed by atoms with Crippen molar-refractivity contribution in [2.24, 2.45) is 5.92 Å². The number of rotatable bonds is 7. The Morgan fingerprint density at radius 2 is 1.93 bits per heavy atom. The molecular formula is C19H30N2O5S. The van der Waals surface area contributed by atoms with Crippen LogP contribution in [-0.4, -0.2) is 51.0 Å². The highest BCUT2D eigenvalue weighted by Gasteiger charge is 2.29. The van der Waals surface area contributed by atoms with E-state index in [9.17, 15) is 13.2 Å². The molecule has 1 amide bonds. The average molecular weight is 399 g/mol. The van der Waals surface area contributed by atoms with Crippen LogP contribution in [0.25, 0.3) is 0 Å². The topological polar surface area (TPSA) is 88.8 Å². The SMILES string of the molecule is C[C@@H]1CCCC[C@@H]1OCCNC(=O)c1ccc(S(=O)(=O)N2CCCCC2)o1. The van der Waals surface area contributed by atoms with Gasteiger partial charge in [-0.05, 0) is 43.7 Å². The summed E-state index contributed by atoms with van der Waals surface area (Å²) in [5.74, 6) is 0.147. The fraction of sp³-hybridized carbons (Fsp3) is 0.737. The molecule has 0 aromatic carbocycles. The second kappa shape index (κ2) is 9.21. The summed E-state index contributed by atoms with van der Waals surface area (Å²) in [6.07, 6.45) is 7.74. The Hall–Kier alpha value is -1.38. The zero-order valence-electron chi connectivity index (χ0n) is 16.0. The average Bonchev–Trinajstić information content (AvgIpc) is 3.18. The van der Waals surface area contributed by atoms with Crippen molar-refractivity contribution in [2.45, 2.75) is 63.1 Å². The first-order valence-electron chi connectivity index (χ1n) is 9.98. The first-order valence-corrected chi connectivity index (χ1v) is 11.4. The summed E-state index contributed by atoms with van der Waals surface area (Å²) in [7, 11) is -3.66. The molecule has 1 aromatic heterocycles. The van der Waals surface area contributed by atoms with Crippen LogP contribution in [-0.2, 0) is 14.8 Å². The van der Waals surface area contributed by atoms with E-state index < -0.39 is 15.9 Å². The second-order valence-corrected chi connectivity index (χ2v) is 9.38. The molecule has 1 aliphatic heterocycles. The lowest BCUT2D eigenvalue weighted by Gasteiger charge is -2.28. The van der Waals surface area contributed by atoms with Gasteiger partial charge in [-0.1, -0.05) is 26.2 Å². The fourth-order valence-corrected chi connectivity index (χ4v) is 5.23. The Balaban J connectivity index is 1.48. The quantitative estimate of drug-likeness (QED) is 0.714. The number of hydrogen-bond acceptors (Lipinski definition) is 5. The molecule has 2 atom stereocenters. The Bertz CT molecular complexity index is 724. The largest absolute Gasteiger partial charge is 0.438 e. The number of nitrogens with one attached hydrogen (secondary N) is 1. The number of nitrogens with zero attached hydrogens (tertiary/aromatic N) is 1. The first-order chi connectivity index (χ1) is 13.0. The number of carbonyl (C=O) groups excluding carboxylic acids is 1. The van der Waals surface area contributed by atoms with E-state index in [0.29, 0.717) is 32.2 Å². The zero-order chi connectivity index (χ0) is 19.3. The van der Waals surface area contributed by atoms with Gasteiger partial charge in [-0.15, -0.1) is 0 Å². The molecule has 3 rings (SSSR count). The number of furan rings is 1. The van der Waals surface area contributed by atoms with E-state index in [2.05, 4.69) is 12.2 Å². The van der Waals surface area contributed by atoms with E-state index >= 15 is 0 Å². The fourth-order valence-electron chi connectivity index (χ4n) is 3.81. The minimum atomic E-state index is -3.66. The van der Waals surface area contributed by atoms with Crippen LogP contribution in [0, 0.1) is 5.92 Å². The van der Waals surface area contributed by atoms with Crippen molar-refractivity contribution < 1.29 is 22.4 Å². The van der Waals surface area contributed by atoms with E-state index in [0.717, 1.165) is 25.7 Å². The Morgan fingerprint density at radius 3 is 2.67 bits per heavy atom. The van der Waals surface area contributed by atoms with Gasteiger partial charge >= 0.3 is 0 Å². The Morgan fingerprint density at radius 1 is 1.19 bits per heavy atom. The van der Waals surface area contributed by atoms with E-state index in [1.54, 1.807) is 0 Å². The summed E-state index contributed by atoms with van der Waals surface area (Å²) in [4.78, 5) is 12.2. The Kier molecular flexibility index (Phi) is 6.94. The van der Waals surface area contributed by atoms with Gasteiger partial charge < -0.3 is 14.5 Å². The molecule has 1 aromatic rings. The summed E-state index contributed by atoms with van der Waals surface area (Å²) in [5.41, 5.74) is 0. The molecule has 1 aliphatic carbocycles. The standard InChI is InChI=1S/C19H30N2O5S/c1-15-7-3-4-8-16(15)25-14-11-20-19(22)17-9-10-18(26-17)27(23,24)21-12-5-2-6-13-21/h9-10,15-16H,2-8,11-14H2,1H3,(H,20,22)/t15-,16+/m1/s1. The summed E-state index contributed by atoms with van der Waals surface area (Å²) in [6.45, 7) is 4.02. The van der Waals surface area contributed by atoms with Crippen LogP contribution in [0.5, 0.6) is 0 Å². The van der Waals surface area contributed by atoms with Crippen molar-refractivity contribution >= 4 is 15.9 Å². The van der Waals surface area contributed by atoms with Crippen molar-refractivity contribution in [3.8, 4) is 0 Å². The third-order valence-corrected chi connectivity index (χ3v) is 7.24. The molecule has 0 spiro atoms. The zero-order valence-corrected chi connectivity index (χ0v) is 16.8. The van der Waals surface area contributed by atoms with Crippen LogP contribution >= 0.6 is 0 Å². The highest BCUT2D eigenvalue weighted by atomic mass is 32.2. The van der Waals surface area contributed by atoms with Crippen LogP contribution in [0.1, 0.15) is 62.4 Å². The molecule has 2 aliphatic rings. The predicted octanol–water partition coefficient (Wildman–Crippen LogP) is 2.78. The molecule has 0 bridgehead atoms. The highest BCUT2D eigenvalue weighted by molar-refractivity contribution is 7.89. The lowest BCUT2D eigenvalue weighted by Crippen LogP contribution is -2.35. The normalized spacial score (nSPS) is 24.6. The summed E-state index contributed by atoms with van der Waals surface area (Å²) in [6, 6.07) is 2.77. The predicted molar refractivity (Wildman–Crippen MR) is 101 cm³/mol. The number of piperidine rings is 1. The van der Waals surface area contributed by atoms with Crippen LogP contribution in [0.4, 0.5) is 0 Å². The van der Waals surface area contributed by atoms with E-state index in [1.165, 1.54) is 35.7 Å². The van der Waals surface area contributed by atoms with Gasteiger partial charge in [0.2, 0.25) is 5.09 Å². The van der Waals surface area contributed by atoms with E-state index in [4.69, 9.17) is 9.15 Å². The summed E-state index contributed by atoms with van der Waals surface area (Å²) >= 11 is 0.